The van der Waals surface area contributed by atoms with Gasteiger partial charge in [-0.3, -0.25) is 14.5 Å². The zero-order chi connectivity index (χ0) is 17.4. The predicted octanol–water partition coefficient (Wildman–Crippen LogP) is 1.52. The van der Waals surface area contributed by atoms with Crippen molar-refractivity contribution < 1.29 is 0 Å². The van der Waals surface area contributed by atoms with E-state index in [2.05, 4.69) is 19.9 Å². The minimum Gasteiger partial charge on any atom is -0.357 e. The number of aromatic amines is 2. The predicted molar refractivity (Wildman–Crippen MR) is 96.8 cm³/mol. The number of aryl methyl sites for hydroxylation is 1. The molecule has 1 aliphatic rings. The van der Waals surface area contributed by atoms with Crippen LogP contribution in [-0.2, 0) is 19.4 Å². The van der Waals surface area contributed by atoms with Gasteiger partial charge in [0.15, 0.2) is 5.43 Å². The fraction of sp³-hybridized carbons (Fsp3) is 0.316. The van der Waals surface area contributed by atoms with Gasteiger partial charge in [-0.15, -0.1) is 0 Å². The minimum absolute atomic E-state index is 0.0404. The molecule has 0 spiro atoms. The van der Waals surface area contributed by atoms with Gasteiger partial charge in [-0.05, 0) is 25.5 Å². The second-order valence-electron chi connectivity index (χ2n) is 6.64. The lowest BCUT2D eigenvalue weighted by atomic mass is 10.1. The summed E-state index contributed by atoms with van der Waals surface area (Å²) in [6.45, 7) is 4.23. The van der Waals surface area contributed by atoms with E-state index in [0.29, 0.717) is 13.0 Å². The van der Waals surface area contributed by atoms with Crippen LogP contribution in [0.3, 0.4) is 0 Å². The SMILES string of the molecule is Cc1ccc2[nH]c(CN3CCc4nc[nH]c(=O)c4CC3)cc(=O)c2c1. The Morgan fingerprint density at radius 1 is 1.16 bits per heavy atom. The summed E-state index contributed by atoms with van der Waals surface area (Å²) in [5, 5.41) is 0.725. The molecule has 2 aromatic heterocycles. The van der Waals surface area contributed by atoms with E-state index in [1.165, 1.54) is 6.33 Å². The van der Waals surface area contributed by atoms with Gasteiger partial charge in [0, 0.05) is 54.3 Å². The van der Waals surface area contributed by atoms with Crippen LogP contribution in [0.4, 0.5) is 0 Å². The fourth-order valence-corrected chi connectivity index (χ4v) is 3.48. The van der Waals surface area contributed by atoms with Gasteiger partial charge in [0.05, 0.1) is 12.0 Å². The third kappa shape index (κ3) is 3.13. The molecule has 6 heteroatoms. The summed E-state index contributed by atoms with van der Waals surface area (Å²) in [6, 6.07) is 7.56. The van der Waals surface area contributed by atoms with Gasteiger partial charge in [-0.2, -0.15) is 0 Å². The van der Waals surface area contributed by atoms with Crippen molar-refractivity contribution in [1.82, 2.24) is 19.9 Å². The number of nitrogens with one attached hydrogen (secondary N) is 2. The average Bonchev–Trinajstić information content (AvgIpc) is 2.79. The molecular formula is C19H20N4O2. The van der Waals surface area contributed by atoms with Gasteiger partial charge in [0.1, 0.15) is 0 Å². The van der Waals surface area contributed by atoms with Crippen LogP contribution in [0.15, 0.2) is 40.2 Å². The molecular weight excluding hydrogens is 316 g/mol. The first-order valence-electron chi connectivity index (χ1n) is 8.50. The second kappa shape index (κ2) is 6.29. The van der Waals surface area contributed by atoms with Crippen LogP contribution < -0.4 is 11.0 Å². The lowest BCUT2D eigenvalue weighted by molar-refractivity contribution is 0.276. The van der Waals surface area contributed by atoms with E-state index < -0.39 is 0 Å². The maximum atomic E-state index is 12.4. The molecule has 25 heavy (non-hydrogen) atoms. The standard InChI is InChI=1S/C19H20N4O2/c1-12-2-3-17-15(8-12)18(24)9-13(22-17)10-23-6-4-14-16(5-7-23)20-11-21-19(14)25/h2-3,8-9,11H,4-7,10H2,1H3,(H,22,24)(H,20,21,25). The topological polar surface area (TPSA) is 81.8 Å². The number of aromatic nitrogens is 3. The maximum Gasteiger partial charge on any atom is 0.254 e. The van der Waals surface area contributed by atoms with E-state index in [4.69, 9.17) is 0 Å². The molecule has 0 atom stereocenters. The molecule has 0 fully saturated rings. The molecule has 3 aromatic rings. The zero-order valence-corrected chi connectivity index (χ0v) is 14.1. The first-order chi connectivity index (χ1) is 12.1. The number of benzene rings is 1. The minimum atomic E-state index is -0.0404. The van der Waals surface area contributed by atoms with Gasteiger partial charge in [-0.1, -0.05) is 11.6 Å². The third-order valence-corrected chi connectivity index (χ3v) is 4.82. The van der Waals surface area contributed by atoms with E-state index in [1.807, 2.05) is 25.1 Å². The number of rotatable bonds is 2. The Hall–Kier alpha value is -2.73. The highest BCUT2D eigenvalue weighted by atomic mass is 16.1. The zero-order valence-electron chi connectivity index (χ0n) is 14.1. The lowest BCUT2D eigenvalue weighted by Gasteiger charge is -2.19. The monoisotopic (exact) mass is 336 g/mol. The lowest BCUT2D eigenvalue weighted by Crippen LogP contribution is -2.27. The van der Waals surface area contributed by atoms with Crippen molar-refractivity contribution in [3.8, 4) is 0 Å². The molecule has 0 radical (unpaired) electrons. The highest BCUT2D eigenvalue weighted by molar-refractivity contribution is 5.79. The number of H-pyrrole nitrogens is 2. The van der Waals surface area contributed by atoms with Gasteiger partial charge >= 0.3 is 0 Å². The molecule has 0 saturated carbocycles. The van der Waals surface area contributed by atoms with Crippen LogP contribution in [0, 0.1) is 6.92 Å². The molecule has 0 amide bonds. The quantitative estimate of drug-likeness (QED) is 0.743. The Labute approximate surface area is 144 Å². The van der Waals surface area contributed by atoms with Gasteiger partial charge in [0.2, 0.25) is 0 Å². The first kappa shape index (κ1) is 15.8. The Kier molecular flexibility index (Phi) is 3.97. The van der Waals surface area contributed by atoms with Gasteiger partial charge < -0.3 is 9.97 Å². The highest BCUT2D eigenvalue weighted by Gasteiger charge is 2.17. The molecule has 1 aromatic carbocycles. The number of nitrogens with zero attached hydrogens (tertiary/aromatic N) is 2. The smallest absolute Gasteiger partial charge is 0.254 e. The summed E-state index contributed by atoms with van der Waals surface area (Å²) in [6.07, 6.45) is 2.89. The van der Waals surface area contributed by atoms with E-state index in [-0.39, 0.29) is 11.0 Å². The molecule has 4 rings (SSSR count). The molecule has 0 unspecified atom stereocenters. The van der Waals surface area contributed by atoms with Crippen LogP contribution >= 0.6 is 0 Å². The van der Waals surface area contributed by atoms with Crippen molar-refractivity contribution in [2.24, 2.45) is 0 Å². The summed E-state index contributed by atoms with van der Waals surface area (Å²) in [5.41, 5.74) is 4.51. The largest absolute Gasteiger partial charge is 0.357 e. The van der Waals surface area contributed by atoms with E-state index >= 15 is 0 Å². The maximum absolute atomic E-state index is 12.4. The van der Waals surface area contributed by atoms with Crippen LogP contribution in [0.5, 0.6) is 0 Å². The Morgan fingerprint density at radius 2 is 2.00 bits per heavy atom. The first-order valence-corrected chi connectivity index (χ1v) is 8.50. The number of fused-ring (bicyclic) bond motifs is 2. The number of hydrogen-bond donors (Lipinski definition) is 2. The fourth-order valence-electron chi connectivity index (χ4n) is 3.48. The van der Waals surface area contributed by atoms with Crippen molar-refractivity contribution in [3.63, 3.8) is 0 Å². The number of hydrogen-bond acceptors (Lipinski definition) is 4. The molecule has 0 bridgehead atoms. The Balaban J connectivity index is 1.58. The Bertz CT molecular complexity index is 1050. The van der Waals surface area contributed by atoms with Crippen LogP contribution in [0.2, 0.25) is 0 Å². The van der Waals surface area contributed by atoms with Crippen molar-refractivity contribution in [3.05, 3.63) is 73.7 Å². The van der Waals surface area contributed by atoms with Crippen molar-refractivity contribution in [2.75, 3.05) is 13.1 Å². The van der Waals surface area contributed by atoms with Crippen LogP contribution in [0.1, 0.15) is 22.5 Å². The Morgan fingerprint density at radius 3 is 2.88 bits per heavy atom. The third-order valence-electron chi connectivity index (χ3n) is 4.82. The molecule has 0 aliphatic carbocycles. The summed E-state index contributed by atoms with van der Waals surface area (Å²) < 4.78 is 0. The molecule has 128 valence electrons. The molecule has 3 heterocycles. The number of pyridine rings is 1. The molecule has 0 saturated heterocycles. The summed E-state index contributed by atoms with van der Waals surface area (Å²) in [5.74, 6) is 0. The van der Waals surface area contributed by atoms with E-state index in [1.54, 1.807) is 6.07 Å². The van der Waals surface area contributed by atoms with Crippen LogP contribution in [-0.4, -0.2) is 32.9 Å². The summed E-state index contributed by atoms with van der Waals surface area (Å²) in [7, 11) is 0. The average molecular weight is 336 g/mol. The van der Waals surface area contributed by atoms with Crippen molar-refractivity contribution in [1.29, 1.82) is 0 Å². The van der Waals surface area contributed by atoms with Gasteiger partial charge in [-0.25, -0.2) is 4.98 Å². The summed E-state index contributed by atoms with van der Waals surface area (Å²) >= 11 is 0. The summed E-state index contributed by atoms with van der Waals surface area (Å²) in [4.78, 5) is 36.9. The highest BCUT2D eigenvalue weighted by Crippen LogP contribution is 2.14. The van der Waals surface area contributed by atoms with Crippen molar-refractivity contribution in [2.45, 2.75) is 26.3 Å². The molecule has 6 nitrogen and oxygen atoms in total. The van der Waals surface area contributed by atoms with Gasteiger partial charge in [0.25, 0.3) is 5.56 Å². The molecule has 1 aliphatic heterocycles. The van der Waals surface area contributed by atoms with Crippen molar-refractivity contribution >= 4 is 10.9 Å². The molecule has 2 N–H and O–H groups in total. The normalized spacial score (nSPS) is 15.1. The van der Waals surface area contributed by atoms with E-state index in [9.17, 15) is 9.59 Å². The second-order valence-corrected chi connectivity index (χ2v) is 6.64. The van der Waals surface area contributed by atoms with Crippen LogP contribution in [0.25, 0.3) is 10.9 Å². The van der Waals surface area contributed by atoms with E-state index in [0.717, 1.165) is 52.9 Å².